The van der Waals surface area contributed by atoms with Crippen molar-refractivity contribution < 1.29 is 15.8 Å². The molecule has 1 amide bonds. The molecule has 5 heteroatoms. The zero-order chi connectivity index (χ0) is 22.1. The van der Waals surface area contributed by atoms with Crippen LogP contribution < -0.4 is 0 Å². The van der Waals surface area contributed by atoms with Gasteiger partial charge in [0.2, 0.25) is 0 Å². The number of carbonyl (C=O) groups excluding carboxylic acids is 1. The monoisotopic (exact) mass is 302 g/mol. The molecule has 3 heterocycles. The van der Waals surface area contributed by atoms with Crippen LogP contribution in [-0.4, -0.2) is 31.9 Å². The first kappa shape index (κ1) is 7.13. The van der Waals surface area contributed by atoms with Gasteiger partial charge in [-0.15, -0.1) is 0 Å². The smallest absolute Gasteiger partial charge is 0.256 e. The Morgan fingerprint density at radius 2 is 2.32 bits per heavy atom. The average molecular weight is 302 g/mol. The summed E-state index contributed by atoms with van der Waals surface area (Å²) < 4.78 is 64.4. The number of benzene rings is 1. The Kier molecular flexibility index (Phi) is 1.53. The lowest BCUT2D eigenvalue weighted by Crippen LogP contribution is -2.37. The van der Waals surface area contributed by atoms with E-state index in [2.05, 4.69) is 9.97 Å². The Hall–Kier alpha value is -2.56. The van der Waals surface area contributed by atoms with Gasteiger partial charge in [0.15, 0.2) is 0 Å². The van der Waals surface area contributed by atoms with Gasteiger partial charge in [0.25, 0.3) is 5.91 Å². The summed E-state index contributed by atoms with van der Waals surface area (Å²) in [6.45, 7) is -2.37. The fourth-order valence-corrected chi connectivity index (χ4v) is 2.93. The number of aromatic amines is 1. The van der Waals surface area contributed by atoms with Crippen LogP contribution in [0.5, 0.6) is 0 Å². The highest BCUT2D eigenvalue weighted by Crippen LogP contribution is 2.30. The number of aryl methyl sites for hydroxylation is 2. The number of nitrogens with one attached hydrogen (secondary N) is 1. The van der Waals surface area contributed by atoms with Crippen LogP contribution in [0.4, 0.5) is 0 Å². The van der Waals surface area contributed by atoms with Gasteiger partial charge in [-0.3, -0.25) is 4.79 Å². The van der Waals surface area contributed by atoms with Crippen LogP contribution in [0.15, 0.2) is 30.5 Å². The first-order valence-corrected chi connectivity index (χ1v) is 6.86. The topological polar surface area (TPSA) is 53.9 Å². The lowest BCUT2D eigenvalue weighted by molar-refractivity contribution is 0.0725. The van der Waals surface area contributed by atoms with Crippen molar-refractivity contribution in [2.75, 3.05) is 6.54 Å². The molecule has 0 saturated carbocycles. The average Bonchev–Trinajstić information content (AvgIpc) is 3.18. The third-order valence-electron chi connectivity index (χ3n) is 4.07. The number of nitrogens with zero attached hydrogens (tertiary/aromatic N) is 3. The molecule has 5 nitrogen and oxygen atoms in total. The van der Waals surface area contributed by atoms with Gasteiger partial charge >= 0.3 is 0 Å². The molecule has 0 saturated heterocycles. The molecule has 2 aromatic heterocycles. The normalized spacial score (nSPS) is 20.4. The van der Waals surface area contributed by atoms with E-state index in [4.69, 9.17) is 11.0 Å². The van der Waals surface area contributed by atoms with Crippen LogP contribution in [-0.2, 0) is 20.0 Å². The van der Waals surface area contributed by atoms with Crippen LogP contribution >= 0.6 is 0 Å². The number of imidazole rings is 1. The van der Waals surface area contributed by atoms with E-state index in [0.717, 1.165) is 0 Å². The summed E-state index contributed by atoms with van der Waals surface area (Å²) in [5.74, 6) is -0.460. The molecule has 0 fully saturated rings. The molecule has 4 rings (SSSR count). The first-order chi connectivity index (χ1) is 13.9. The third-order valence-corrected chi connectivity index (χ3v) is 4.07. The molecule has 0 aliphatic carbocycles. The Balaban J connectivity index is 1.83. The summed E-state index contributed by atoms with van der Waals surface area (Å²) in [4.78, 5) is 21.0. The van der Waals surface area contributed by atoms with Crippen LogP contribution in [0.2, 0.25) is 0 Å². The van der Waals surface area contributed by atoms with E-state index >= 15 is 0 Å². The highest BCUT2D eigenvalue weighted by Gasteiger charge is 2.30. The fourth-order valence-electron chi connectivity index (χ4n) is 2.93. The summed E-state index contributed by atoms with van der Waals surface area (Å²) in [6, 6.07) is -1.27. The maximum absolute atomic E-state index is 13.3. The lowest BCUT2D eigenvalue weighted by Gasteiger charge is -2.27. The van der Waals surface area contributed by atoms with Gasteiger partial charge < -0.3 is 14.5 Å². The van der Waals surface area contributed by atoms with Crippen molar-refractivity contribution in [2.24, 2.45) is 7.05 Å². The second-order valence-electron chi connectivity index (χ2n) is 5.25. The van der Waals surface area contributed by atoms with Gasteiger partial charge in [0, 0.05) is 46.4 Å². The van der Waals surface area contributed by atoms with Crippen molar-refractivity contribution in [1.29, 1.82) is 0 Å². The van der Waals surface area contributed by atoms with E-state index in [9.17, 15) is 4.79 Å². The SMILES string of the molecule is [2H]c1nc(CN2CCc3c(c4c([2H])c([2H])c([2H])c([2H])c4n3C)C2=O)c(C([2H])([2H])[2H])[nH]1. The van der Waals surface area contributed by atoms with Gasteiger partial charge in [-0.1, -0.05) is 18.1 Å². The summed E-state index contributed by atoms with van der Waals surface area (Å²) in [5.41, 5.74) is 0.961. The number of carbonyl (C=O) groups is 1. The molecule has 0 atom stereocenters. The van der Waals surface area contributed by atoms with Gasteiger partial charge in [0.1, 0.15) is 1.37 Å². The molecule has 0 unspecified atom stereocenters. The first-order valence-electron chi connectivity index (χ1n) is 10.9. The zero-order valence-corrected chi connectivity index (χ0v) is 11.9. The number of aromatic nitrogens is 3. The van der Waals surface area contributed by atoms with Crippen molar-refractivity contribution in [2.45, 2.75) is 19.8 Å². The zero-order valence-electron chi connectivity index (χ0n) is 19.9. The molecule has 112 valence electrons. The maximum Gasteiger partial charge on any atom is 0.256 e. The Morgan fingerprint density at radius 1 is 1.45 bits per heavy atom. The van der Waals surface area contributed by atoms with Crippen LogP contribution in [0.3, 0.4) is 0 Å². The van der Waals surface area contributed by atoms with Crippen LogP contribution in [0.1, 0.15) is 38.4 Å². The number of fused-ring (bicyclic) bond motifs is 3. The van der Waals surface area contributed by atoms with Crippen LogP contribution in [0, 0.1) is 6.85 Å². The Labute approximate surface area is 139 Å². The number of para-hydroxylation sites is 1. The van der Waals surface area contributed by atoms with Crippen molar-refractivity contribution in [1.82, 2.24) is 19.4 Å². The molecular weight excluding hydrogens is 276 g/mol. The molecule has 3 aromatic rings. The number of amides is 1. The van der Waals surface area contributed by atoms with Gasteiger partial charge in [-0.2, -0.15) is 0 Å². The largest absolute Gasteiger partial charge is 0.348 e. The van der Waals surface area contributed by atoms with E-state index in [1.807, 2.05) is 0 Å². The highest BCUT2D eigenvalue weighted by atomic mass is 16.2. The van der Waals surface area contributed by atoms with Crippen molar-refractivity contribution in [3.63, 3.8) is 0 Å². The highest BCUT2D eigenvalue weighted by molar-refractivity contribution is 6.09. The number of rotatable bonds is 2. The second kappa shape index (κ2) is 4.73. The van der Waals surface area contributed by atoms with Crippen molar-refractivity contribution in [3.8, 4) is 0 Å². The van der Waals surface area contributed by atoms with Crippen LogP contribution in [0.25, 0.3) is 10.9 Å². The molecular formula is C17H18N4O. The standard InChI is InChI=1S/C17H18N4O/c1-11-13(19-10-18-11)9-21-8-7-15-16(17(21)22)12-5-3-4-6-14(12)20(15)2/h3-6,10H,7-9H2,1-2H3,(H,18,19)/i1D3,3D,4D,5D,6D,10D. The lowest BCUT2D eigenvalue weighted by atomic mass is 10.0. The van der Waals surface area contributed by atoms with E-state index < -0.39 is 18.8 Å². The molecule has 1 aliphatic heterocycles. The Morgan fingerprint density at radius 3 is 3.18 bits per heavy atom. The fraction of sp³-hybridized carbons (Fsp3) is 0.294. The minimum Gasteiger partial charge on any atom is -0.348 e. The molecule has 1 aliphatic rings. The van der Waals surface area contributed by atoms with Crippen molar-refractivity contribution >= 4 is 16.8 Å². The molecule has 0 spiro atoms. The molecule has 1 N–H and O–H groups in total. The van der Waals surface area contributed by atoms with E-state index in [1.165, 1.54) is 4.90 Å². The molecule has 0 radical (unpaired) electrons. The van der Waals surface area contributed by atoms with Gasteiger partial charge in [-0.25, -0.2) is 4.98 Å². The maximum atomic E-state index is 13.3. The molecule has 0 bridgehead atoms. The predicted octanol–water partition coefficient (Wildman–Crippen LogP) is 2.41. The van der Waals surface area contributed by atoms with Gasteiger partial charge in [0.05, 0.1) is 29.6 Å². The molecule has 1 aromatic carbocycles. The number of hydrogen-bond donors (Lipinski definition) is 1. The van der Waals surface area contributed by atoms with E-state index in [0.29, 0.717) is 12.1 Å². The number of hydrogen-bond acceptors (Lipinski definition) is 2. The Bertz CT molecular complexity index is 1210. The predicted molar refractivity (Wildman–Crippen MR) is 84.7 cm³/mol. The minimum absolute atomic E-state index is 0.0824. The summed E-state index contributed by atoms with van der Waals surface area (Å²) in [5, 5.41) is 0.160. The van der Waals surface area contributed by atoms with Gasteiger partial charge in [-0.05, 0) is 12.9 Å². The summed E-state index contributed by atoms with van der Waals surface area (Å²) >= 11 is 0. The van der Waals surface area contributed by atoms with E-state index in [-0.39, 0.29) is 65.4 Å². The summed E-state index contributed by atoms with van der Waals surface area (Å²) in [6.07, 6.45) is 0.0908. The minimum atomic E-state index is -2.51. The quantitative estimate of drug-likeness (QED) is 0.790. The number of H-pyrrole nitrogens is 1. The second-order valence-corrected chi connectivity index (χ2v) is 5.25. The van der Waals surface area contributed by atoms with Crippen molar-refractivity contribution in [3.05, 3.63) is 53.1 Å². The third kappa shape index (κ3) is 1.78. The summed E-state index contributed by atoms with van der Waals surface area (Å²) in [7, 11) is 1.66. The van der Waals surface area contributed by atoms with E-state index in [1.54, 1.807) is 11.6 Å². The molecule has 22 heavy (non-hydrogen) atoms.